The summed E-state index contributed by atoms with van der Waals surface area (Å²) in [4.78, 5) is 11.5. The molecule has 0 spiro atoms. The molecule has 1 aliphatic heterocycles. The lowest BCUT2D eigenvalue weighted by Crippen LogP contribution is -2.52. The van der Waals surface area contributed by atoms with E-state index in [4.69, 9.17) is 10.5 Å². The van der Waals surface area contributed by atoms with Crippen LogP contribution in [0.2, 0.25) is 0 Å². The average molecular weight is 185 g/mol. The molecule has 0 aromatic carbocycles. The summed E-state index contributed by atoms with van der Waals surface area (Å²) in [6.07, 6.45) is 1.78. The van der Waals surface area contributed by atoms with Gasteiger partial charge in [-0.3, -0.25) is 4.79 Å². The highest BCUT2D eigenvalue weighted by Crippen LogP contribution is 2.44. The van der Waals surface area contributed by atoms with Gasteiger partial charge in [-0.2, -0.15) is 0 Å². The number of carbonyl (C=O) groups excluding carboxylic acids is 1. The van der Waals surface area contributed by atoms with E-state index in [0.717, 1.165) is 19.4 Å². The zero-order valence-electron chi connectivity index (χ0n) is 8.72. The number of hydrogen-bond donors (Lipinski definition) is 1. The van der Waals surface area contributed by atoms with Gasteiger partial charge in [-0.15, -0.1) is 0 Å². The molecule has 0 aromatic rings. The second kappa shape index (κ2) is 3.29. The van der Waals surface area contributed by atoms with E-state index in [0.29, 0.717) is 6.61 Å². The van der Waals surface area contributed by atoms with Crippen LogP contribution in [0.1, 0.15) is 33.6 Å². The molecule has 1 heterocycles. The van der Waals surface area contributed by atoms with E-state index in [1.54, 1.807) is 0 Å². The van der Waals surface area contributed by atoms with Crippen LogP contribution >= 0.6 is 0 Å². The SMILES string of the molecule is CC(C)(C)C1(C(N)=O)CCCOC1. The lowest BCUT2D eigenvalue weighted by atomic mass is 9.63. The average Bonchev–Trinajstić information content (AvgIpc) is 2.03. The predicted molar refractivity (Wildman–Crippen MR) is 51.1 cm³/mol. The van der Waals surface area contributed by atoms with Gasteiger partial charge < -0.3 is 10.5 Å². The zero-order chi connectivity index (χ0) is 10.1. The van der Waals surface area contributed by atoms with Crippen LogP contribution in [0.3, 0.4) is 0 Å². The largest absolute Gasteiger partial charge is 0.380 e. The highest BCUT2D eigenvalue weighted by atomic mass is 16.5. The van der Waals surface area contributed by atoms with E-state index >= 15 is 0 Å². The maximum absolute atomic E-state index is 11.5. The maximum atomic E-state index is 11.5. The predicted octanol–water partition coefficient (Wildman–Crippen LogP) is 1.31. The van der Waals surface area contributed by atoms with Crippen LogP contribution in [-0.4, -0.2) is 19.1 Å². The minimum atomic E-state index is -0.467. The molecule has 3 heteroatoms. The molecule has 1 rings (SSSR count). The molecule has 0 aromatic heterocycles. The number of ether oxygens (including phenoxy) is 1. The van der Waals surface area contributed by atoms with E-state index in [1.807, 2.05) is 20.8 Å². The van der Waals surface area contributed by atoms with Gasteiger partial charge in [0.15, 0.2) is 0 Å². The van der Waals surface area contributed by atoms with Gasteiger partial charge in [0.2, 0.25) is 5.91 Å². The quantitative estimate of drug-likeness (QED) is 0.669. The van der Waals surface area contributed by atoms with E-state index < -0.39 is 5.41 Å². The summed E-state index contributed by atoms with van der Waals surface area (Å²) < 4.78 is 5.37. The minimum Gasteiger partial charge on any atom is -0.380 e. The second-order valence-corrected chi connectivity index (χ2v) is 4.85. The van der Waals surface area contributed by atoms with Crippen LogP contribution in [0.5, 0.6) is 0 Å². The standard InChI is InChI=1S/C10H19NO2/c1-9(2,3)10(8(11)12)5-4-6-13-7-10/h4-7H2,1-3H3,(H2,11,12). The van der Waals surface area contributed by atoms with E-state index in [2.05, 4.69) is 0 Å². The van der Waals surface area contributed by atoms with Crippen molar-refractivity contribution >= 4 is 5.91 Å². The lowest BCUT2D eigenvalue weighted by molar-refractivity contribution is -0.147. The number of rotatable bonds is 1. The minimum absolute atomic E-state index is 0.112. The van der Waals surface area contributed by atoms with Crippen LogP contribution in [0.25, 0.3) is 0 Å². The first-order chi connectivity index (χ1) is 5.90. The highest BCUT2D eigenvalue weighted by molar-refractivity contribution is 5.82. The number of carbonyl (C=O) groups is 1. The summed E-state index contributed by atoms with van der Waals surface area (Å²) in [5.41, 5.74) is 4.89. The Balaban J connectivity index is 2.93. The first-order valence-electron chi connectivity index (χ1n) is 4.78. The first kappa shape index (κ1) is 10.5. The summed E-state index contributed by atoms with van der Waals surface area (Å²) in [5.74, 6) is -0.222. The van der Waals surface area contributed by atoms with Gasteiger partial charge in [0, 0.05) is 6.61 Å². The number of nitrogens with two attached hydrogens (primary N) is 1. The molecule has 1 fully saturated rings. The molecule has 0 radical (unpaired) electrons. The van der Waals surface area contributed by atoms with Gasteiger partial charge in [-0.1, -0.05) is 20.8 Å². The van der Waals surface area contributed by atoms with Gasteiger partial charge >= 0.3 is 0 Å². The van der Waals surface area contributed by atoms with Crippen LogP contribution in [0.4, 0.5) is 0 Å². The molecule has 1 saturated heterocycles. The van der Waals surface area contributed by atoms with Crippen molar-refractivity contribution in [3.05, 3.63) is 0 Å². The van der Waals surface area contributed by atoms with Crippen molar-refractivity contribution in [2.45, 2.75) is 33.6 Å². The van der Waals surface area contributed by atoms with Crippen LogP contribution in [0, 0.1) is 10.8 Å². The van der Waals surface area contributed by atoms with Crippen molar-refractivity contribution < 1.29 is 9.53 Å². The van der Waals surface area contributed by atoms with Crippen LogP contribution in [-0.2, 0) is 9.53 Å². The molecule has 1 atom stereocenters. The maximum Gasteiger partial charge on any atom is 0.226 e. The zero-order valence-corrected chi connectivity index (χ0v) is 8.72. The molecule has 0 aliphatic carbocycles. The summed E-state index contributed by atoms with van der Waals surface area (Å²) in [6.45, 7) is 7.38. The van der Waals surface area contributed by atoms with Gasteiger partial charge in [-0.25, -0.2) is 0 Å². The molecule has 13 heavy (non-hydrogen) atoms. The summed E-state index contributed by atoms with van der Waals surface area (Å²) in [5, 5.41) is 0. The fraction of sp³-hybridized carbons (Fsp3) is 0.900. The van der Waals surface area contributed by atoms with Crippen molar-refractivity contribution in [3.8, 4) is 0 Å². The van der Waals surface area contributed by atoms with E-state index in [1.165, 1.54) is 0 Å². The molecular weight excluding hydrogens is 166 g/mol. The summed E-state index contributed by atoms with van der Waals surface area (Å²) in [6, 6.07) is 0. The fourth-order valence-corrected chi connectivity index (χ4v) is 1.95. The number of amides is 1. The van der Waals surface area contributed by atoms with Gasteiger partial charge in [0.25, 0.3) is 0 Å². The van der Waals surface area contributed by atoms with E-state index in [-0.39, 0.29) is 11.3 Å². The van der Waals surface area contributed by atoms with Gasteiger partial charge in [0.1, 0.15) is 0 Å². The number of primary amides is 1. The van der Waals surface area contributed by atoms with Crippen molar-refractivity contribution in [1.82, 2.24) is 0 Å². The Morgan fingerprint density at radius 2 is 2.08 bits per heavy atom. The van der Waals surface area contributed by atoms with Crippen molar-refractivity contribution in [2.75, 3.05) is 13.2 Å². The topological polar surface area (TPSA) is 52.3 Å². The molecular formula is C10H19NO2. The van der Waals surface area contributed by atoms with Crippen LogP contribution in [0.15, 0.2) is 0 Å². The molecule has 1 amide bonds. The van der Waals surface area contributed by atoms with E-state index in [9.17, 15) is 4.79 Å². The van der Waals surface area contributed by atoms with Crippen molar-refractivity contribution in [3.63, 3.8) is 0 Å². The smallest absolute Gasteiger partial charge is 0.226 e. The first-order valence-corrected chi connectivity index (χ1v) is 4.78. The lowest BCUT2D eigenvalue weighted by Gasteiger charge is -2.44. The molecule has 3 nitrogen and oxygen atoms in total. The van der Waals surface area contributed by atoms with Gasteiger partial charge in [0.05, 0.1) is 12.0 Å². The third-order valence-corrected chi connectivity index (χ3v) is 3.15. The van der Waals surface area contributed by atoms with Crippen molar-refractivity contribution in [1.29, 1.82) is 0 Å². The molecule has 76 valence electrons. The Hall–Kier alpha value is -0.570. The molecule has 1 aliphatic rings. The Morgan fingerprint density at radius 3 is 2.31 bits per heavy atom. The number of hydrogen-bond acceptors (Lipinski definition) is 2. The van der Waals surface area contributed by atoms with Crippen molar-refractivity contribution in [2.24, 2.45) is 16.6 Å². The Morgan fingerprint density at radius 1 is 1.46 bits per heavy atom. The molecule has 1 unspecified atom stereocenters. The summed E-state index contributed by atoms with van der Waals surface area (Å²) >= 11 is 0. The Bertz CT molecular complexity index is 199. The third-order valence-electron chi connectivity index (χ3n) is 3.15. The second-order valence-electron chi connectivity index (χ2n) is 4.85. The molecule has 0 saturated carbocycles. The normalized spacial score (nSPS) is 30.1. The molecule has 2 N–H and O–H groups in total. The fourth-order valence-electron chi connectivity index (χ4n) is 1.95. The monoisotopic (exact) mass is 185 g/mol. The summed E-state index contributed by atoms with van der Waals surface area (Å²) in [7, 11) is 0. The van der Waals surface area contributed by atoms with Gasteiger partial charge in [-0.05, 0) is 18.3 Å². The highest BCUT2D eigenvalue weighted by Gasteiger charge is 2.48. The Labute approximate surface area is 79.6 Å². The third kappa shape index (κ3) is 1.70. The Kier molecular flexibility index (Phi) is 2.66. The molecule has 0 bridgehead atoms. The van der Waals surface area contributed by atoms with Crippen LogP contribution < -0.4 is 5.73 Å².